The van der Waals surface area contributed by atoms with Crippen molar-refractivity contribution in [3.8, 4) is 0 Å². The van der Waals surface area contributed by atoms with Crippen LogP contribution in [0.3, 0.4) is 0 Å². The largest absolute Gasteiger partial charge is 0.462 e. The minimum Gasteiger partial charge on any atom is -0.462 e. The third kappa shape index (κ3) is 10.1. The number of unbranched alkanes of at least 4 members (excludes halogenated alkanes) is 3. The van der Waals surface area contributed by atoms with E-state index in [4.69, 9.17) is 28.4 Å². The maximum atomic E-state index is 12.3. The van der Waals surface area contributed by atoms with Gasteiger partial charge in [0.15, 0.2) is 18.7 Å². The number of carbonyl (C=O) groups excluding carboxylic acids is 2. The summed E-state index contributed by atoms with van der Waals surface area (Å²) in [5.41, 5.74) is 0. The first kappa shape index (κ1) is 34.7. The number of carbonyl (C=O) groups is 2. The first-order valence-corrected chi connectivity index (χ1v) is 13.6. The second-order valence-corrected chi connectivity index (χ2v) is 9.84. The fraction of sp³-hybridized carbons (Fsp3) is 0.920. The van der Waals surface area contributed by atoms with E-state index in [-0.39, 0.29) is 26.1 Å². The van der Waals surface area contributed by atoms with Crippen LogP contribution >= 0.6 is 0 Å². The molecular weight excluding hydrogens is 540 g/mol. The molecule has 0 aliphatic carbocycles. The molecule has 0 aromatic carbocycles. The SMILES string of the molecule is CCCCCCC(=O)OC(COC(=O)CC)COC1OC(COC2OC(CO)C(O)C(O)C2O)C(O)C(O)C1O. The molecule has 2 saturated heterocycles. The first-order valence-electron chi connectivity index (χ1n) is 13.6. The molecule has 2 aliphatic rings. The number of esters is 2. The highest BCUT2D eigenvalue weighted by Crippen LogP contribution is 2.26. The van der Waals surface area contributed by atoms with Crippen LogP contribution in [0.2, 0.25) is 0 Å². The average Bonchev–Trinajstić information content (AvgIpc) is 2.95. The van der Waals surface area contributed by atoms with Crippen molar-refractivity contribution < 1.29 is 73.8 Å². The van der Waals surface area contributed by atoms with E-state index in [1.807, 2.05) is 6.92 Å². The molecule has 40 heavy (non-hydrogen) atoms. The molecule has 0 saturated carbocycles. The Labute approximate surface area is 232 Å². The van der Waals surface area contributed by atoms with Crippen molar-refractivity contribution in [2.75, 3.05) is 26.4 Å². The Morgan fingerprint density at radius 2 is 1.32 bits per heavy atom. The lowest BCUT2D eigenvalue weighted by Crippen LogP contribution is -2.61. The van der Waals surface area contributed by atoms with Gasteiger partial charge in [0.1, 0.15) is 55.4 Å². The zero-order chi connectivity index (χ0) is 29.8. The number of rotatable bonds is 16. The van der Waals surface area contributed by atoms with Crippen molar-refractivity contribution in [1.82, 2.24) is 0 Å². The van der Waals surface area contributed by atoms with E-state index < -0.39 is 92.7 Å². The van der Waals surface area contributed by atoms with Crippen LogP contribution in [0.1, 0.15) is 52.4 Å². The molecule has 2 rings (SSSR count). The van der Waals surface area contributed by atoms with Crippen LogP contribution in [0, 0.1) is 0 Å². The Kier molecular flexibility index (Phi) is 15.1. The van der Waals surface area contributed by atoms with Gasteiger partial charge < -0.3 is 64.2 Å². The fourth-order valence-electron chi connectivity index (χ4n) is 4.13. The standard InChI is InChI=1S/C25H44O15/c1-3-5-6-7-8-17(28)38-13(10-35-16(27)4-2)11-36-24-23(34)21(32)19(30)15(40-24)12-37-25-22(33)20(31)18(29)14(9-26)39-25/h13-15,18-26,29-34H,3-12H2,1-2H3. The highest BCUT2D eigenvalue weighted by molar-refractivity contribution is 5.70. The quantitative estimate of drug-likeness (QED) is 0.0732. The van der Waals surface area contributed by atoms with Crippen molar-refractivity contribution >= 4 is 11.9 Å². The van der Waals surface area contributed by atoms with Gasteiger partial charge in [-0.05, 0) is 6.42 Å². The highest BCUT2D eigenvalue weighted by Gasteiger charge is 2.47. The summed E-state index contributed by atoms with van der Waals surface area (Å²) in [7, 11) is 0. The molecular formula is C25H44O15. The summed E-state index contributed by atoms with van der Waals surface area (Å²) in [6, 6.07) is 0. The van der Waals surface area contributed by atoms with Crippen molar-refractivity contribution in [2.24, 2.45) is 0 Å². The zero-order valence-electron chi connectivity index (χ0n) is 22.8. The van der Waals surface area contributed by atoms with E-state index in [1.54, 1.807) is 6.92 Å². The fourth-order valence-corrected chi connectivity index (χ4v) is 4.13. The maximum absolute atomic E-state index is 12.3. The number of hydrogen-bond donors (Lipinski definition) is 7. The summed E-state index contributed by atoms with van der Waals surface area (Å²) in [5.74, 6) is -1.05. The van der Waals surface area contributed by atoms with Crippen LogP contribution < -0.4 is 0 Å². The monoisotopic (exact) mass is 584 g/mol. The van der Waals surface area contributed by atoms with Crippen LogP contribution in [0.5, 0.6) is 0 Å². The molecule has 7 N–H and O–H groups in total. The van der Waals surface area contributed by atoms with Gasteiger partial charge in [0, 0.05) is 12.8 Å². The molecule has 15 heteroatoms. The summed E-state index contributed by atoms with van der Waals surface area (Å²) in [5, 5.41) is 70.3. The molecule has 0 aromatic heterocycles. The smallest absolute Gasteiger partial charge is 0.306 e. The maximum Gasteiger partial charge on any atom is 0.306 e. The van der Waals surface area contributed by atoms with E-state index in [9.17, 15) is 45.3 Å². The third-order valence-corrected chi connectivity index (χ3v) is 6.64. The van der Waals surface area contributed by atoms with Crippen LogP contribution in [-0.4, -0.2) is 142 Å². The Balaban J connectivity index is 1.97. The van der Waals surface area contributed by atoms with E-state index in [0.29, 0.717) is 6.42 Å². The summed E-state index contributed by atoms with van der Waals surface area (Å²) >= 11 is 0. The molecule has 11 atom stereocenters. The number of hydrogen-bond acceptors (Lipinski definition) is 15. The summed E-state index contributed by atoms with van der Waals surface area (Å²) in [4.78, 5) is 23.9. The number of ether oxygens (including phenoxy) is 6. The van der Waals surface area contributed by atoms with Gasteiger partial charge in [-0.2, -0.15) is 0 Å². The van der Waals surface area contributed by atoms with E-state index in [0.717, 1.165) is 19.3 Å². The van der Waals surface area contributed by atoms with Gasteiger partial charge in [-0.3, -0.25) is 9.59 Å². The Hall–Kier alpha value is -1.50. The molecule has 0 bridgehead atoms. The van der Waals surface area contributed by atoms with Gasteiger partial charge >= 0.3 is 11.9 Å². The van der Waals surface area contributed by atoms with Gasteiger partial charge in [-0.15, -0.1) is 0 Å². The number of aliphatic hydroxyl groups is 7. The Morgan fingerprint density at radius 1 is 0.725 bits per heavy atom. The van der Waals surface area contributed by atoms with Crippen LogP contribution in [0.4, 0.5) is 0 Å². The predicted octanol–water partition coefficient (Wildman–Crippen LogP) is -2.54. The molecule has 2 aliphatic heterocycles. The molecule has 11 unspecified atom stereocenters. The molecule has 2 fully saturated rings. The van der Waals surface area contributed by atoms with E-state index in [1.165, 1.54) is 0 Å². The average molecular weight is 585 g/mol. The zero-order valence-corrected chi connectivity index (χ0v) is 22.8. The van der Waals surface area contributed by atoms with Crippen LogP contribution in [-0.2, 0) is 38.0 Å². The summed E-state index contributed by atoms with van der Waals surface area (Å²) < 4.78 is 32.2. The Morgan fingerprint density at radius 3 is 1.93 bits per heavy atom. The molecule has 2 heterocycles. The van der Waals surface area contributed by atoms with Gasteiger partial charge in [-0.25, -0.2) is 0 Å². The molecule has 0 amide bonds. The van der Waals surface area contributed by atoms with Crippen molar-refractivity contribution in [2.45, 2.75) is 120 Å². The normalized spacial score (nSPS) is 35.2. The van der Waals surface area contributed by atoms with E-state index in [2.05, 4.69) is 0 Å². The van der Waals surface area contributed by atoms with E-state index >= 15 is 0 Å². The lowest BCUT2D eigenvalue weighted by atomic mass is 9.98. The van der Waals surface area contributed by atoms with Gasteiger partial charge in [0.05, 0.1) is 19.8 Å². The molecule has 0 spiro atoms. The highest BCUT2D eigenvalue weighted by atomic mass is 16.7. The van der Waals surface area contributed by atoms with Crippen molar-refractivity contribution in [1.29, 1.82) is 0 Å². The van der Waals surface area contributed by atoms with Crippen molar-refractivity contribution in [3.05, 3.63) is 0 Å². The second-order valence-electron chi connectivity index (χ2n) is 9.84. The lowest BCUT2D eigenvalue weighted by Gasteiger charge is -2.42. The Bertz CT molecular complexity index is 752. The lowest BCUT2D eigenvalue weighted by molar-refractivity contribution is -0.332. The first-order chi connectivity index (χ1) is 19.0. The van der Waals surface area contributed by atoms with Crippen LogP contribution in [0.15, 0.2) is 0 Å². The topological polar surface area (TPSA) is 231 Å². The van der Waals surface area contributed by atoms with Crippen LogP contribution in [0.25, 0.3) is 0 Å². The molecule has 0 aromatic rings. The summed E-state index contributed by atoms with van der Waals surface area (Å²) in [6.07, 6.45) is -13.1. The minimum atomic E-state index is -1.75. The summed E-state index contributed by atoms with van der Waals surface area (Å²) in [6.45, 7) is 1.73. The predicted molar refractivity (Wildman–Crippen MR) is 132 cm³/mol. The van der Waals surface area contributed by atoms with Crippen molar-refractivity contribution in [3.63, 3.8) is 0 Å². The number of aliphatic hydroxyl groups excluding tert-OH is 7. The molecule has 234 valence electrons. The minimum absolute atomic E-state index is 0.100. The molecule has 0 radical (unpaired) electrons. The third-order valence-electron chi connectivity index (χ3n) is 6.64. The van der Waals surface area contributed by atoms with Gasteiger partial charge in [0.25, 0.3) is 0 Å². The second kappa shape index (κ2) is 17.5. The van der Waals surface area contributed by atoms with Gasteiger partial charge in [-0.1, -0.05) is 33.1 Å². The molecule has 15 nitrogen and oxygen atoms in total. The van der Waals surface area contributed by atoms with Gasteiger partial charge in [0.2, 0.25) is 0 Å².